The van der Waals surface area contributed by atoms with Gasteiger partial charge in [-0.05, 0) is 29.5 Å². The highest BCUT2D eigenvalue weighted by molar-refractivity contribution is 7.13. The van der Waals surface area contributed by atoms with Crippen molar-refractivity contribution < 1.29 is 0 Å². The summed E-state index contributed by atoms with van der Waals surface area (Å²) in [6, 6.07) is 8.38. The topological polar surface area (TPSA) is 12.9 Å². The average Bonchev–Trinajstić information content (AvgIpc) is 2.85. The summed E-state index contributed by atoms with van der Waals surface area (Å²) in [4.78, 5) is 5.64. The fourth-order valence-electron chi connectivity index (χ4n) is 1.20. The summed E-state index contributed by atoms with van der Waals surface area (Å²) in [6.45, 7) is 6.14. The average molecular weight is 219 g/mol. The smallest absolute Gasteiger partial charge is 0.0801 e. The minimum atomic E-state index is 1.05. The Hall–Kier alpha value is -1.15. The lowest BCUT2D eigenvalue weighted by atomic mass is 10.2. The zero-order chi connectivity index (χ0) is 11.1. The molecule has 80 valence electrons. The van der Waals surface area contributed by atoms with Crippen molar-refractivity contribution in [3.63, 3.8) is 0 Å². The van der Waals surface area contributed by atoms with Gasteiger partial charge >= 0.3 is 0 Å². The molecule has 0 radical (unpaired) electrons. The second kappa shape index (κ2) is 6.36. The number of hydrogen-bond donors (Lipinski definition) is 0. The Labute approximate surface area is 95.8 Å². The van der Waals surface area contributed by atoms with Crippen LogP contribution in [0.15, 0.2) is 35.8 Å². The molecule has 0 aliphatic heterocycles. The lowest BCUT2D eigenvalue weighted by molar-refractivity contribution is 1.11. The fourth-order valence-corrected chi connectivity index (χ4v) is 1.91. The van der Waals surface area contributed by atoms with Gasteiger partial charge in [-0.2, -0.15) is 0 Å². The van der Waals surface area contributed by atoms with Crippen molar-refractivity contribution in [2.75, 3.05) is 0 Å². The van der Waals surface area contributed by atoms with E-state index in [9.17, 15) is 0 Å². The van der Waals surface area contributed by atoms with Gasteiger partial charge in [0.05, 0.1) is 10.6 Å². The molecule has 15 heavy (non-hydrogen) atoms. The van der Waals surface area contributed by atoms with Crippen LogP contribution >= 0.6 is 11.3 Å². The Balaban J connectivity index is 0.000000531. The van der Waals surface area contributed by atoms with E-state index in [0.717, 1.165) is 12.1 Å². The van der Waals surface area contributed by atoms with Gasteiger partial charge in [0.25, 0.3) is 0 Å². The fraction of sp³-hybridized carbons (Fsp3) is 0.308. The highest BCUT2D eigenvalue weighted by atomic mass is 32.1. The minimum Gasteiger partial charge on any atom is -0.255 e. The van der Waals surface area contributed by atoms with Crippen molar-refractivity contribution in [3.05, 3.63) is 41.4 Å². The molecule has 0 spiro atoms. The number of thiophene rings is 1. The number of rotatable bonds is 2. The van der Waals surface area contributed by atoms with Gasteiger partial charge in [-0.15, -0.1) is 11.3 Å². The number of aromatic nitrogens is 1. The van der Waals surface area contributed by atoms with E-state index >= 15 is 0 Å². The predicted octanol–water partition coefficient (Wildman–Crippen LogP) is 4.40. The van der Waals surface area contributed by atoms with Crippen LogP contribution in [0.4, 0.5) is 0 Å². The van der Waals surface area contributed by atoms with Gasteiger partial charge < -0.3 is 0 Å². The van der Waals surface area contributed by atoms with E-state index in [1.54, 1.807) is 11.3 Å². The summed E-state index contributed by atoms with van der Waals surface area (Å²) < 4.78 is 0. The van der Waals surface area contributed by atoms with Gasteiger partial charge in [0, 0.05) is 6.20 Å². The first-order valence-electron chi connectivity index (χ1n) is 5.39. The molecule has 2 aromatic rings. The molecule has 2 heteroatoms. The molecule has 0 saturated heterocycles. The molecule has 0 aliphatic rings. The molecule has 0 aromatic carbocycles. The van der Waals surface area contributed by atoms with E-state index in [1.165, 1.54) is 10.4 Å². The molecule has 0 saturated carbocycles. The van der Waals surface area contributed by atoms with E-state index in [1.807, 2.05) is 20.0 Å². The van der Waals surface area contributed by atoms with Crippen LogP contribution in [0.3, 0.4) is 0 Å². The molecule has 0 unspecified atom stereocenters. The predicted molar refractivity (Wildman–Crippen MR) is 68.3 cm³/mol. The van der Waals surface area contributed by atoms with E-state index in [0.29, 0.717) is 0 Å². The lowest BCUT2D eigenvalue weighted by Gasteiger charge is -1.98. The largest absolute Gasteiger partial charge is 0.255 e. The number of hydrogen-bond acceptors (Lipinski definition) is 2. The number of pyridine rings is 1. The van der Waals surface area contributed by atoms with Gasteiger partial charge in [-0.3, -0.25) is 4.98 Å². The van der Waals surface area contributed by atoms with Crippen LogP contribution in [-0.4, -0.2) is 4.98 Å². The second-order valence-corrected chi connectivity index (χ2v) is 3.83. The van der Waals surface area contributed by atoms with Crippen LogP contribution in [0.2, 0.25) is 0 Å². The molecule has 0 fully saturated rings. The Morgan fingerprint density at radius 2 is 2.00 bits per heavy atom. The molecule has 1 nitrogen and oxygen atoms in total. The van der Waals surface area contributed by atoms with Crippen LogP contribution < -0.4 is 0 Å². The quantitative estimate of drug-likeness (QED) is 0.729. The summed E-state index contributed by atoms with van der Waals surface area (Å²) in [5, 5.41) is 2.07. The SMILES string of the molecule is CC.CCc1ccc(-c2cccs2)nc1. The minimum absolute atomic E-state index is 1.05. The molecule has 0 aliphatic carbocycles. The Morgan fingerprint density at radius 1 is 1.20 bits per heavy atom. The van der Waals surface area contributed by atoms with Crippen molar-refractivity contribution in [2.24, 2.45) is 0 Å². The third kappa shape index (κ3) is 3.17. The highest BCUT2D eigenvalue weighted by Crippen LogP contribution is 2.22. The number of nitrogens with zero attached hydrogens (tertiary/aromatic N) is 1. The number of aryl methyl sites for hydroxylation is 1. The molecular formula is C13H17NS. The molecule has 2 aromatic heterocycles. The monoisotopic (exact) mass is 219 g/mol. The normalized spacial score (nSPS) is 9.27. The lowest BCUT2D eigenvalue weighted by Crippen LogP contribution is -1.83. The maximum absolute atomic E-state index is 4.40. The molecule has 0 N–H and O–H groups in total. The molecule has 0 amide bonds. The van der Waals surface area contributed by atoms with Gasteiger partial charge in [0.1, 0.15) is 0 Å². The Morgan fingerprint density at radius 3 is 2.47 bits per heavy atom. The zero-order valence-corrected chi connectivity index (χ0v) is 10.3. The summed E-state index contributed by atoms with van der Waals surface area (Å²) in [7, 11) is 0. The maximum Gasteiger partial charge on any atom is 0.0801 e. The van der Waals surface area contributed by atoms with Crippen molar-refractivity contribution >= 4 is 11.3 Å². The van der Waals surface area contributed by atoms with Crippen molar-refractivity contribution in [3.8, 4) is 10.6 Å². The van der Waals surface area contributed by atoms with Crippen LogP contribution in [0, 0.1) is 0 Å². The molecule has 0 bridgehead atoms. The summed E-state index contributed by atoms with van der Waals surface area (Å²) >= 11 is 1.73. The van der Waals surface area contributed by atoms with Crippen molar-refractivity contribution in [1.29, 1.82) is 0 Å². The van der Waals surface area contributed by atoms with Crippen molar-refractivity contribution in [2.45, 2.75) is 27.2 Å². The van der Waals surface area contributed by atoms with E-state index in [2.05, 4.69) is 41.6 Å². The van der Waals surface area contributed by atoms with E-state index in [-0.39, 0.29) is 0 Å². The Bertz CT molecular complexity index is 362. The second-order valence-electron chi connectivity index (χ2n) is 2.88. The third-order valence-electron chi connectivity index (χ3n) is 2.01. The van der Waals surface area contributed by atoms with Crippen LogP contribution in [0.1, 0.15) is 26.3 Å². The van der Waals surface area contributed by atoms with E-state index in [4.69, 9.17) is 0 Å². The summed E-state index contributed by atoms with van der Waals surface area (Å²) in [6.07, 6.45) is 3.01. The van der Waals surface area contributed by atoms with E-state index < -0.39 is 0 Å². The van der Waals surface area contributed by atoms with Gasteiger partial charge in [0.15, 0.2) is 0 Å². The highest BCUT2D eigenvalue weighted by Gasteiger charge is 1.98. The van der Waals surface area contributed by atoms with Gasteiger partial charge in [0.2, 0.25) is 0 Å². The van der Waals surface area contributed by atoms with Crippen molar-refractivity contribution in [1.82, 2.24) is 4.98 Å². The van der Waals surface area contributed by atoms with Gasteiger partial charge in [-0.25, -0.2) is 0 Å². The first-order valence-corrected chi connectivity index (χ1v) is 6.27. The first-order chi connectivity index (χ1) is 7.40. The summed E-state index contributed by atoms with van der Waals surface area (Å²) in [5.74, 6) is 0. The third-order valence-corrected chi connectivity index (χ3v) is 2.90. The molecule has 0 atom stereocenters. The standard InChI is InChI=1S/C11H11NS.C2H6/c1-2-9-5-6-10(12-8-9)11-4-3-7-13-11;1-2/h3-8H,2H2,1H3;1-2H3. The van der Waals surface area contributed by atoms with Crippen LogP contribution in [0.5, 0.6) is 0 Å². The maximum atomic E-state index is 4.40. The first kappa shape index (κ1) is 11.9. The Kier molecular flexibility index (Phi) is 5.05. The molecular weight excluding hydrogens is 202 g/mol. The van der Waals surface area contributed by atoms with Crippen LogP contribution in [-0.2, 0) is 6.42 Å². The zero-order valence-electron chi connectivity index (χ0n) is 9.53. The summed E-state index contributed by atoms with van der Waals surface area (Å²) in [5.41, 5.74) is 2.37. The van der Waals surface area contributed by atoms with Gasteiger partial charge in [-0.1, -0.05) is 32.9 Å². The molecule has 2 heterocycles. The van der Waals surface area contributed by atoms with Crippen LogP contribution in [0.25, 0.3) is 10.6 Å². The molecule has 2 rings (SSSR count).